The number of hydrogen-bond acceptors (Lipinski definition) is 4. The van der Waals surface area contributed by atoms with E-state index in [2.05, 4.69) is 38.9 Å². The summed E-state index contributed by atoms with van der Waals surface area (Å²) >= 11 is 0. The van der Waals surface area contributed by atoms with Gasteiger partial charge in [-0.3, -0.25) is 9.67 Å². The Balaban J connectivity index is 0.00000312. The zero-order valence-electron chi connectivity index (χ0n) is 15.7. The van der Waals surface area contributed by atoms with E-state index < -0.39 is 0 Å². The molecule has 0 bridgehead atoms. The van der Waals surface area contributed by atoms with Gasteiger partial charge in [0.1, 0.15) is 5.76 Å². The van der Waals surface area contributed by atoms with Crippen LogP contribution in [-0.4, -0.2) is 41.0 Å². The first kappa shape index (κ1) is 21.5. The Hall–Kier alpha value is -1.58. The smallest absolute Gasteiger partial charge is 0.190 e. The molecule has 0 spiro atoms. The van der Waals surface area contributed by atoms with Crippen LogP contribution < -0.4 is 10.6 Å². The van der Waals surface area contributed by atoms with Crippen molar-refractivity contribution in [2.45, 2.75) is 47.1 Å². The first-order valence-electron chi connectivity index (χ1n) is 8.38. The van der Waals surface area contributed by atoms with Gasteiger partial charge in [-0.15, -0.1) is 24.0 Å². The Morgan fingerprint density at radius 2 is 1.92 bits per heavy atom. The molecule has 0 saturated carbocycles. The monoisotopic (exact) mass is 460 g/mol. The molecule has 8 heteroatoms. The Bertz CT molecular complexity index is 672. The van der Waals surface area contributed by atoms with Gasteiger partial charge in [0.25, 0.3) is 0 Å². The molecule has 0 aromatic carbocycles. The fraction of sp³-hybridized carbons (Fsp3) is 0.588. The molecule has 2 heterocycles. The maximum atomic E-state index is 5.18. The molecule has 2 N–H and O–H groups in total. The average molecular weight is 460 g/mol. The van der Waals surface area contributed by atoms with Crippen LogP contribution in [0.15, 0.2) is 15.6 Å². The fourth-order valence-corrected chi connectivity index (χ4v) is 2.72. The summed E-state index contributed by atoms with van der Waals surface area (Å²) in [4.78, 5) is 4.25. The third kappa shape index (κ3) is 6.33. The number of nitrogens with zero attached hydrogens (tertiary/aromatic N) is 4. The van der Waals surface area contributed by atoms with Crippen molar-refractivity contribution in [3.8, 4) is 0 Å². The van der Waals surface area contributed by atoms with Crippen molar-refractivity contribution < 1.29 is 4.52 Å². The first-order chi connectivity index (χ1) is 11.5. The van der Waals surface area contributed by atoms with Crippen LogP contribution >= 0.6 is 24.0 Å². The number of hydrogen-bond donors (Lipinski definition) is 2. The van der Waals surface area contributed by atoms with Gasteiger partial charge in [-0.25, -0.2) is 0 Å². The Morgan fingerprint density at radius 3 is 2.48 bits per heavy atom. The highest BCUT2D eigenvalue weighted by atomic mass is 127. The third-order valence-electron chi connectivity index (χ3n) is 4.01. The largest absolute Gasteiger partial charge is 0.361 e. The van der Waals surface area contributed by atoms with E-state index in [1.165, 1.54) is 11.3 Å². The minimum Gasteiger partial charge on any atom is -0.361 e. The number of aromatic nitrogens is 3. The molecule has 25 heavy (non-hydrogen) atoms. The third-order valence-corrected chi connectivity index (χ3v) is 4.01. The first-order valence-corrected chi connectivity index (χ1v) is 8.38. The summed E-state index contributed by atoms with van der Waals surface area (Å²) < 4.78 is 7.23. The molecule has 2 rings (SSSR count). The van der Waals surface area contributed by atoms with Crippen LogP contribution in [0.1, 0.15) is 34.8 Å². The molecule has 0 aliphatic carbocycles. The second-order valence-corrected chi connectivity index (χ2v) is 5.98. The lowest BCUT2D eigenvalue weighted by Gasteiger charge is -2.12. The van der Waals surface area contributed by atoms with E-state index in [9.17, 15) is 0 Å². The van der Waals surface area contributed by atoms with Crippen molar-refractivity contribution in [2.75, 3.05) is 20.1 Å². The maximum Gasteiger partial charge on any atom is 0.190 e. The van der Waals surface area contributed by atoms with E-state index in [0.29, 0.717) is 0 Å². The average Bonchev–Trinajstić information content (AvgIpc) is 3.04. The predicted octanol–water partition coefficient (Wildman–Crippen LogP) is 2.52. The highest BCUT2D eigenvalue weighted by Crippen LogP contribution is 2.11. The Morgan fingerprint density at radius 1 is 1.20 bits per heavy atom. The van der Waals surface area contributed by atoms with Crippen molar-refractivity contribution in [1.82, 2.24) is 25.6 Å². The van der Waals surface area contributed by atoms with Crippen LogP contribution in [-0.2, 0) is 13.0 Å². The van der Waals surface area contributed by atoms with Gasteiger partial charge in [0.2, 0.25) is 0 Å². The lowest BCUT2D eigenvalue weighted by atomic mass is 10.1. The molecule has 0 unspecified atom stereocenters. The van der Waals surface area contributed by atoms with Gasteiger partial charge >= 0.3 is 0 Å². The highest BCUT2D eigenvalue weighted by Gasteiger charge is 2.08. The topological polar surface area (TPSA) is 80.3 Å². The van der Waals surface area contributed by atoms with Crippen molar-refractivity contribution in [1.29, 1.82) is 0 Å². The normalized spacial score (nSPS) is 11.3. The fourth-order valence-electron chi connectivity index (χ4n) is 2.72. The van der Waals surface area contributed by atoms with E-state index in [4.69, 9.17) is 4.52 Å². The second kappa shape index (κ2) is 10.4. The molecule has 0 atom stereocenters. The molecule has 7 nitrogen and oxygen atoms in total. The molecule has 140 valence electrons. The standard InChI is InChI=1S/C17H28N6O.HI/c1-12-11-13(2)23(21-12)10-6-8-19-17(18-5)20-9-7-16-14(3)22-24-15(16)4;/h11H,6-10H2,1-5H3,(H2,18,19,20);1H. The lowest BCUT2D eigenvalue weighted by molar-refractivity contribution is 0.392. The molecule has 0 aliphatic heterocycles. The van der Waals surface area contributed by atoms with Crippen molar-refractivity contribution in [3.05, 3.63) is 34.5 Å². The number of guanidine groups is 1. The predicted molar refractivity (Wildman–Crippen MR) is 111 cm³/mol. The molecular weight excluding hydrogens is 431 g/mol. The summed E-state index contributed by atoms with van der Waals surface area (Å²) in [6.07, 6.45) is 1.86. The summed E-state index contributed by atoms with van der Waals surface area (Å²) in [6, 6.07) is 2.10. The number of halogens is 1. The van der Waals surface area contributed by atoms with E-state index in [0.717, 1.165) is 55.6 Å². The number of aliphatic imine (C=N–C) groups is 1. The van der Waals surface area contributed by atoms with Crippen LogP contribution in [0.2, 0.25) is 0 Å². The summed E-state index contributed by atoms with van der Waals surface area (Å²) in [7, 11) is 1.78. The minimum atomic E-state index is 0. The van der Waals surface area contributed by atoms with E-state index in [1.54, 1.807) is 7.05 Å². The Labute approximate surface area is 166 Å². The quantitative estimate of drug-likeness (QED) is 0.287. The summed E-state index contributed by atoms with van der Waals surface area (Å²) in [5.74, 6) is 1.71. The molecule has 0 fully saturated rings. The van der Waals surface area contributed by atoms with Gasteiger partial charge in [-0.05, 0) is 46.6 Å². The second-order valence-electron chi connectivity index (χ2n) is 5.98. The van der Waals surface area contributed by atoms with Crippen LogP contribution in [0.3, 0.4) is 0 Å². The number of aryl methyl sites for hydroxylation is 5. The summed E-state index contributed by atoms with van der Waals surface area (Å²) in [6.45, 7) is 10.6. The van der Waals surface area contributed by atoms with Gasteiger partial charge in [0.05, 0.1) is 11.4 Å². The Kier molecular flexibility index (Phi) is 8.95. The minimum absolute atomic E-state index is 0. The van der Waals surface area contributed by atoms with Gasteiger partial charge in [0.15, 0.2) is 5.96 Å². The lowest BCUT2D eigenvalue weighted by Crippen LogP contribution is -2.39. The van der Waals surface area contributed by atoms with Gasteiger partial charge < -0.3 is 15.2 Å². The van der Waals surface area contributed by atoms with Gasteiger partial charge in [-0.2, -0.15) is 5.10 Å². The van der Waals surface area contributed by atoms with Crippen molar-refractivity contribution in [3.63, 3.8) is 0 Å². The number of nitrogens with one attached hydrogen (secondary N) is 2. The molecule has 2 aromatic heterocycles. The SMILES string of the molecule is CN=C(NCCCn1nc(C)cc1C)NCCc1c(C)noc1C.I. The molecule has 0 radical (unpaired) electrons. The van der Waals surface area contributed by atoms with E-state index in [1.807, 2.05) is 25.5 Å². The molecular formula is C17H29IN6O. The zero-order valence-corrected chi connectivity index (χ0v) is 18.0. The highest BCUT2D eigenvalue weighted by molar-refractivity contribution is 14.0. The molecule has 0 saturated heterocycles. The van der Waals surface area contributed by atoms with E-state index >= 15 is 0 Å². The van der Waals surface area contributed by atoms with Crippen molar-refractivity contribution in [2.24, 2.45) is 4.99 Å². The molecule has 2 aromatic rings. The summed E-state index contributed by atoms with van der Waals surface area (Å²) in [5, 5.41) is 15.1. The van der Waals surface area contributed by atoms with E-state index in [-0.39, 0.29) is 24.0 Å². The van der Waals surface area contributed by atoms with Crippen LogP contribution in [0.5, 0.6) is 0 Å². The molecule has 0 aliphatic rings. The zero-order chi connectivity index (χ0) is 17.5. The van der Waals surface area contributed by atoms with Crippen LogP contribution in [0.25, 0.3) is 0 Å². The summed E-state index contributed by atoms with van der Waals surface area (Å²) in [5.41, 5.74) is 4.40. The van der Waals surface area contributed by atoms with Gasteiger partial charge in [-0.1, -0.05) is 5.16 Å². The van der Waals surface area contributed by atoms with Crippen LogP contribution in [0, 0.1) is 27.7 Å². The number of rotatable bonds is 7. The van der Waals surface area contributed by atoms with Crippen molar-refractivity contribution >= 4 is 29.9 Å². The maximum absolute atomic E-state index is 5.18. The van der Waals surface area contributed by atoms with Crippen LogP contribution in [0.4, 0.5) is 0 Å². The van der Waals surface area contributed by atoms with Gasteiger partial charge in [0, 0.05) is 37.9 Å². The molecule has 0 amide bonds.